The summed E-state index contributed by atoms with van der Waals surface area (Å²) in [5.74, 6) is -0.137. The van der Waals surface area contributed by atoms with Crippen molar-refractivity contribution in [2.24, 2.45) is 0 Å². The van der Waals surface area contributed by atoms with Gasteiger partial charge in [-0.05, 0) is 56.0 Å². The van der Waals surface area contributed by atoms with Gasteiger partial charge >= 0.3 is 5.97 Å². The van der Waals surface area contributed by atoms with E-state index in [4.69, 9.17) is 4.74 Å². The van der Waals surface area contributed by atoms with Gasteiger partial charge < -0.3 is 4.74 Å². The summed E-state index contributed by atoms with van der Waals surface area (Å²) in [5.41, 5.74) is -0.576. The molecule has 1 aliphatic carbocycles. The summed E-state index contributed by atoms with van der Waals surface area (Å²) in [6.45, 7) is 6.37. The predicted octanol–water partition coefficient (Wildman–Crippen LogP) is 2.67. The third-order valence-electron chi connectivity index (χ3n) is 3.66. The first kappa shape index (κ1) is 15.5. The van der Waals surface area contributed by atoms with Gasteiger partial charge in [0.1, 0.15) is 5.54 Å². The average Bonchev–Trinajstić information content (AvgIpc) is 2.96. The first-order chi connectivity index (χ1) is 9.47. The highest BCUT2D eigenvalue weighted by Crippen LogP contribution is 2.39. The number of nitrogens with one attached hydrogen (secondary N) is 1. The largest absolute Gasteiger partial charge is 0.465 e. The van der Waals surface area contributed by atoms with Gasteiger partial charge in [-0.2, -0.15) is 5.10 Å². The maximum Gasteiger partial charge on any atom is 0.326 e. The Balaban J connectivity index is 2.16. The molecule has 0 saturated heterocycles. The molecule has 2 rings (SSSR count). The zero-order valence-electron chi connectivity index (χ0n) is 12.2. The number of carbonyl (C=O) groups excluding carboxylic acids is 1. The van der Waals surface area contributed by atoms with Gasteiger partial charge in [0.2, 0.25) is 0 Å². The Morgan fingerprint density at radius 2 is 2.45 bits per heavy atom. The van der Waals surface area contributed by atoms with Crippen LogP contribution in [0.2, 0.25) is 0 Å². The first-order valence-electron chi connectivity index (χ1n) is 7.11. The smallest absolute Gasteiger partial charge is 0.326 e. The number of carbonyl (C=O) groups is 1. The Bertz CT molecular complexity index is 475. The van der Waals surface area contributed by atoms with Gasteiger partial charge in [0.15, 0.2) is 0 Å². The zero-order valence-corrected chi connectivity index (χ0v) is 13.8. The molecular formula is C14H22BrN3O2. The second-order valence-corrected chi connectivity index (χ2v) is 6.55. The van der Waals surface area contributed by atoms with Crippen LogP contribution in [0.4, 0.5) is 0 Å². The molecule has 0 radical (unpaired) electrons. The highest BCUT2D eigenvalue weighted by Gasteiger charge is 2.47. The summed E-state index contributed by atoms with van der Waals surface area (Å²) in [4.78, 5) is 12.4. The van der Waals surface area contributed by atoms with E-state index in [9.17, 15) is 4.79 Å². The molecule has 1 saturated carbocycles. The van der Waals surface area contributed by atoms with Gasteiger partial charge in [-0.3, -0.25) is 14.8 Å². The number of esters is 1. The zero-order chi connectivity index (χ0) is 14.8. The van der Waals surface area contributed by atoms with Crippen LogP contribution in [0.25, 0.3) is 0 Å². The van der Waals surface area contributed by atoms with Crippen LogP contribution in [0.1, 0.15) is 46.1 Å². The van der Waals surface area contributed by atoms with Crippen LogP contribution in [0, 0.1) is 0 Å². The third kappa shape index (κ3) is 3.23. The molecule has 1 aliphatic rings. The number of halogens is 1. The van der Waals surface area contributed by atoms with Gasteiger partial charge in [0, 0.05) is 12.2 Å². The SMILES string of the molecule is CCOC(=O)C1(NC(C)C)CCC(n2cc(Br)cn2)C1. The van der Waals surface area contributed by atoms with Crippen molar-refractivity contribution in [2.75, 3.05) is 6.61 Å². The Labute approximate surface area is 128 Å². The molecule has 5 nitrogen and oxygen atoms in total. The Hall–Kier alpha value is -0.880. The summed E-state index contributed by atoms with van der Waals surface area (Å²) < 4.78 is 8.18. The minimum Gasteiger partial charge on any atom is -0.465 e. The molecule has 1 aromatic heterocycles. The monoisotopic (exact) mass is 343 g/mol. The lowest BCUT2D eigenvalue weighted by Gasteiger charge is -2.30. The molecule has 0 spiro atoms. The van der Waals surface area contributed by atoms with Crippen LogP contribution in [-0.2, 0) is 9.53 Å². The summed E-state index contributed by atoms with van der Waals surface area (Å²) in [7, 11) is 0. The Morgan fingerprint density at radius 1 is 1.70 bits per heavy atom. The number of nitrogens with zero attached hydrogens (tertiary/aromatic N) is 2. The molecule has 112 valence electrons. The average molecular weight is 344 g/mol. The molecule has 2 atom stereocenters. The molecule has 0 aromatic carbocycles. The molecule has 2 unspecified atom stereocenters. The van der Waals surface area contributed by atoms with Crippen molar-refractivity contribution < 1.29 is 9.53 Å². The van der Waals surface area contributed by atoms with Crippen LogP contribution in [0.15, 0.2) is 16.9 Å². The molecule has 0 bridgehead atoms. The number of rotatable bonds is 5. The van der Waals surface area contributed by atoms with E-state index in [0.29, 0.717) is 6.61 Å². The molecule has 0 amide bonds. The summed E-state index contributed by atoms with van der Waals surface area (Å²) in [6, 6.07) is 0.472. The van der Waals surface area contributed by atoms with Crippen molar-refractivity contribution in [1.82, 2.24) is 15.1 Å². The molecule has 1 aromatic rings. The van der Waals surface area contributed by atoms with Crippen molar-refractivity contribution in [2.45, 2.75) is 57.7 Å². The number of aromatic nitrogens is 2. The number of hydrogen-bond donors (Lipinski definition) is 1. The molecule has 1 heterocycles. The van der Waals surface area contributed by atoms with Crippen LogP contribution >= 0.6 is 15.9 Å². The summed E-state index contributed by atoms with van der Waals surface area (Å²) >= 11 is 3.41. The first-order valence-corrected chi connectivity index (χ1v) is 7.90. The van der Waals surface area contributed by atoms with Crippen molar-refractivity contribution in [3.8, 4) is 0 Å². The quantitative estimate of drug-likeness (QED) is 0.835. The van der Waals surface area contributed by atoms with Crippen LogP contribution in [0.5, 0.6) is 0 Å². The van der Waals surface area contributed by atoms with Crippen LogP contribution < -0.4 is 5.32 Å². The fourth-order valence-electron chi connectivity index (χ4n) is 2.96. The van der Waals surface area contributed by atoms with Gasteiger partial charge in [-0.25, -0.2) is 0 Å². The van der Waals surface area contributed by atoms with E-state index in [2.05, 4.69) is 40.2 Å². The normalized spacial score (nSPS) is 26.1. The maximum atomic E-state index is 12.4. The highest BCUT2D eigenvalue weighted by molar-refractivity contribution is 9.10. The van der Waals surface area contributed by atoms with Gasteiger partial charge in [-0.1, -0.05) is 0 Å². The fourth-order valence-corrected chi connectivity index (χ4v) is 3.26. The van der Waals surface area contributed by atoms with E-state index in [1.807, 2.05) is 17.8 Å². The van der Waals surface area contributed by atoms with Gasteiger partial charge in [-0.15, -0.1) is 0 Å². The van der Waals surface area contributed by atoms with E-state index in [1.165, 1.54) is 0 Å². The standard InChI is InChI=1S/C14H22BrN3O2/c1-4-20-13(19)14(17-10(2)3)6-5-12(7-14)18-9-11(15)8-16-18/h8-10,12,17H,4-7H2,1-3H3. The highest BCUT2D eigenvalue weighted by atomic mass is 79.9. The molecule has 6 heteroatoms. The van der Waals surface area contributed by atoms with E-state index < -0.39 is 5.54 Å². The minimum atomic E-state index is -0.576. The van der Waals surface area contributed by atoms with E-state index in [0.717, 1.165) is 23.7 Å². The fraction of sp³-hybridized carbons (Fsp3) is 0.714. The minimum absolute atomic E-state index is 0.137. The molecular weight excluding hydrogens is 322 g/mol. The van der Waals surface area contributed by atoms with E-state index >= 15 is 0 Å². The lowest BCUT2D eigenvalue weighted by Crippen LogP contribution is -2.53. The van der Waals surface area contributed by atoms with Gasteiger partial charge in [0.05, 0.1) is 23.3 Å². The van der Waals surface area contributed by atoms with Gasteiger partial charge in [0.25, 0.3) is 0 Å². The summed E-state index contributed by atoms with van der Waals surface area (Å²) in [6.07, 6.45) is 6.17. The van der Waals surface area contributed by atoms with E-state index in [-0.39, 0.29) is 18.1 Å². The van der Waals surface area contributed by atoms with Crippen molar-refractivity contribution in [3.05, 3.63) is 16.9 Å². The number of ether oxygens (including phenoxy) is 1. The van der Waals surface area contributed by atoms with Crippen molar-refractivity contribution in [3.63, 3.8) is 0 Å². The van der Waals surface area contributed by atoms with E-state index in [1.54, 1.807) is 6.20 Å². The summed E-state index contributed by atoms with van der Waals surface area (Å²) in [5, 5.41) is 7.76. The molecule has 20 heavy (non-hydrogen) atoms. The molecule has 1 N–H and O–H groups in total. The second kappa shape index (κ2) is 6.26. The van der Waals surface area contributed by atoms with Crippen molar-refractivity contribution in [1.29, 1.82) is 0 Å². The van der Waals surface area contributed by atoms with Crippen molar-refractivity contribution >= 4 is 21.9 Å². The lowest BCUT2D eigenvalue weighted by atomic mass is 9.96. The van der Waals surface area contributed by atoms with Crippen LogP contribution in [-0.4, -0.2) is 33.9 Å². The predicted molar refractivity (Wildman–Crippen MR) is 80.5 cm³/mol. The Morgan fingerprint density at radius 3 is 3.00 bits per heavy atom. The Kier molecular flexibility index (Phi) is 4.86. The third-order valence-corrected chi connectivity index (χ3v) is 4.07. The lowest BCUT2D eigenvalue weighted by molar-refractivity contribution is -0.151. The molecule has 0 aliphatic heterocycles. The number of hydrogen-bond acceptors (Lipinski definition) is 4. The van der Waals surface area contributed by atoms with Crippen LogP contribution in [0.3, 0.4) is 0 Å². The second-order valence-electron chi connectivity index (χ2n) is 5.64. The topological polar surface area (TPSA) is 56.1 Å². The molecule has 1 fully saturated rings. The maximum absolute atomic E-state index is 12.4.